The number of rotatable bonds is 6. The molecule has 0 radical (unpaired) electrons. The van der Waals surface area contributed by atoms with Crippen LogP contribution in [0.4, 0.5) is 31.8 Å². The summed E-state index contributed by atoms with van der Waals surface area (Å²) in [7, 11) is 1.39. The normalized spacial score (nSPS) is 10.6. The fourth-order valence-corrected chi connectivity index (χ4v) is 2.69. The molecule has 0 aliphatic carbocycles. The molecule has 1 aromatic carbocycles. The maximum Gasteiger partial charge on any atom is 0.253 e. The van der Waals surface area contributed by atoms with E-state index in [0.29, 0.717) is 18.1 Å². The van der Waals surface area contributed by atoms with Crippen LogP contribution in [-0.4, -0.2) is 27.7 Å². The van der Waals surface area contributed by atoms with Crippen molar-refractivity contribution in [2.75, 3.05) is 17.7 Å². The lowest BCUT2D eigenvalue weighted by atomic mass is 10.1. The zero-order chi connectivity index (χ0) is 20.3. The third-order valence-electron chi connectivity index (χ3n) is 3.93. The second kappa shape index (κ2) is 8.22. The molecule has 10 heteroatoms. The van der Waals surface area contributed by atoms with Crippen LogP contribution in [0.5, 0.6) is 0 Å². The van der Waals surface area contributed by atoms with Crippen molar-refractivity contribution in [1.29, 1.82) is 0 Å². The molecule has 0 aliphatic heterocycles. The number of amides is 1. The minimum absolute atomic E-state index is 0.0622. The lowest BCUT2D eigenvalue weighted by molar-refractivity contribution is 0.0963. The predicted octanol–water partition coefficient (Wildman–Crippen LogP) is 4.08. The smallest absolute Gasteiger partial charge is 0.253 e. The maximum atomic E-state index is 13.7. The minimum Gasteiger partial charge on any atom is -0.355 e. The van der Waals surface area contributed by atoms with Gasteiger partial charge in [0.15, 0.2) is 11.6 Å². The quantitative estimate of drug-likeness (QED) is 0.574. The Hall–Kier alpha value is -3.20. The Morgan fingerprint density at radius 3 is 2.64 bits per heavy atom. The molecule has 0 atom stereocenters. The fourth-order valence-electron chi connectivity index (χ4n) is 2.54. The lowest BCUT2D eigenvalue weighted by Gasteiger charge is -2.14. The van der Waals surface area contributed by atoms with E-state index in [1.807, 2.05) is 6.92 Å². The van der Waals surface area contributed by atoms with Gasteiger partial charge in [0, 0.05) is 31.8 Å². The van der Waals surface area contributed by atoms with E-state index in [2.05, 4.69) is 26.0 Å². The number of carbonyl (C=O) groups excluding carboxylic acids is 1. The van der Waals surface area contributed by atoms with E-state index in [0.717, 1.165) is 18.0 Å². The number of aryl methyl sites for hydroxylation is 1. The zero-order valence-electron chi connectivity index (χ0n) is 15.1. The second-order valence-corrected chi connectivity index (χ2v) is 6.13. The van der Waals surface area contributed by atoms with Gasteiger partial charge in [0.05, 0.1) is 34.4 Å². The summed E-state index contributed by atoms with van der Waals surface area (Å²) < 4.78 is 29.1. The van der Waals surface area contributed by atoms with Crippen LogP contribution in [0.25, 0.3) is 0 Å². The molecule has 3 rings (SSSR count). The number of carbonyl (C=O) groups is 1. The fraction of sp³-hybridized carbons (Fsp3) is 0.167. The molecule has 146 valence electrons. The number of hydrogen-bond donors (Lipinski definition) is 3. The molecule has 0 bridgehead atoms. The highest BCUT2D eigenvalue weighted by Crippen LogP contribution is 2.30. The molecular weight excluding hydrogens is 390 g/mol. The van der Waals surface area contributed by atoms with E-state index in [9.17, 15) is 13.6 Å². The summed E-state index contributed by atoms with van der Waals surface area (Å²) in [6, 6.07) is 5.09. The lowest BCUT2D eigenvalue weighted by Crippen LogP contribution is -2.19. The Bertz CT molecular complexity index is 1020. The van der Waals surface area contributed by atoms with Crippen LogP contribution in [0.15, 0.2) is 36.7 Å². The predicted molar refractivity (Wildman–Crippen MR) is 103 cm³/mol. The summed E-state index contributed by atoms with van der Waals surface area (Å²) in [5, 5.41) is 12.8. The molecule has 0 unspecified atom stereocenters. The summed E-state index contributed by atoms with van der Waals surface area (Å²) in [6.07, 6.45) is 3.05. The Balaban J connectivity index is 1.95. The average molecular weight is 407 g/mol. The summed E-state index contributed by atoms with van der Waals surface area (Å²) in [5.41, 5.74) is 0.363. The van der Waals surface area contributed by atoms with Crippen molar-refractivity contribution in [3.05, 3.63) is 58.9 Å². The van der Waals surface area contributed by atoms with Crippen LogP contribution in [0.2, 0.25) is 5.02 Å². The van der Waals surface area contributed by atoms with Gasteiger partial charge in [-0.15, -0.1) is 0 Å². The van der Waals surface area contributed by atoms with E-state index in [-0.39, 0.29) is 16.3 Å². The Kier molecular flexibility index (Phi) is 5.74. The van der Waals surface area contributed by atoms with Gasteiger partial charge < -0.3 is 16.0 Å². The summed E-state index contributed by atoms with van der Waals surface area (Å²) in [4.78, 5) is 16.2. The van der Waals surface area contributed by atoms with Crippen molar-refractivity contribution in [1.82, 2.24) is 20.1 Å². The van der Waals surface area contributed by atoms with Crippen molar-refractivity contribution >= 4 is 40.5 Å². The van der Waals surface area contributed by atoms with Gasteiger partial charge in [-0.05, 0) is 13.0 Å². The van der Waals surface area contributed by atoms with Crippen molar-refractivity contribution in [3.8, 4) is 0 Å². The first-order valence-corrected chi connectivity index (χ1v) is 8.73. The van der Waals surface area contributed by atoms with Gasteiger partial charge in [0.25, 0.3) is 5.91 Å². The van der Waals surface area contributed by atoms with Gasteiger partial charge in [-0.2, -0.15) is 5.10 Å². The van der Waals surface area contributed by atoms with Crippen molar-refractivity contribution in [2.24, 2.45) is 0 Å². The van der Waals surface area contributed by atoms with E-state index >= 15 is 0 Å². The van der Waals surface area contributed by atoms with Crippen LogP contribution in [-0.2, 0) is 6.54 Å². The molecule has 3 N–H and O–H groups in total. The standard InChI is InChI=1S/C18H17ClF2N6O/c1-3-27-17(4-5-24-27)26-16-8-15(11(19)9-23-16)25-14-7-13(21)12(20)6-10(14)18(28)22-2/h4-9H,3H2,1-2H3,(H,22,28)(H2,23,25,26). The first-order chi connectivity index (χ1) is 13.4. The number of halogens is 3. The van der Waals surface area contributed by atoms with E-state index < -0.39 is 17.5 Å². The molecule has 28 heavy (non-hydrogen) atoms. The summed E-state index contributed by atoms with van der Waals surface area (Å²) in [6.45, 7) is 2.61. The van der Waals surface area contributed by atoms with Crippen molar-refractivity contribution in [2.45, 2.75) is 13.5 Å². The first kappa shape index (κ1) is 19.6. The molecule has 0 saturated carbocycles. The molecule has 0 spiro atoms. The second-order valence-electron chi connectivity index (χ2n) is 5.72. The van der Waals surface area contributed by atoms with Gasteiger partial charge in [-0.1, -0.05) is 11.6 Å². The number of aromatic nitrogens is 3. The molecule has 0 fully saturated rings. The highest BCUT2D eigenvalue weighted by atomic mass is 35.5. The van der Waals surface area contributed by atoms with E-state index in [4.69, 9.17) is 11.6 Å². The molecule has 0 saturated heterocycles. The Morgan fingerprint density at radius 2 is 1.93 bits per heavy atom. The molecule has 0 aliphatic rings. The molecule has 7 nitrogen and oxygen atoms in total. The van der Waals surface area contributed by atoms with Gasteiger partial charge in [0.1, 0.15) is 11.6 Å². The molecular formula is C18H17ClF2N6O. The van der Waals surface area contributed by atoms with Crippen LogP contribution in [0, 0.1) is 11.6 Å². The van der Waals surface area contributed by atoms with Crippen molar-refractivity contribution in [3.63, 3.8) is 0 Å². The molecule has 2 heterocycles. The number of hydrogen-bond acceptors (Lipinski definition) is 5. The SMILES string of the molecule is CCn1nccc1Nc1cc(Nc2cc(F)c(F)cc2C(=O)NC)c(Cl)cn1. The largest absolute Gasteiger partial charge is 0.355 e. The van der Waals surface area contributed by atoms with Gasteiger partial charge in [-0.3, -0.25) is 4.79 Å². The maximum absolute atomic E-state index is 13.7. The van der Waals surface area contributed by atoms with Crippen molar-refractivity contribution < 1.29 is 13.6 Å². The Morgan fingerprint density at radius 1 is 1.18 bits per heavy atom. The van der Waals surface area contributed by atoms with Gasteiger partial charge in [0.2, 0.25) is 0 Å². The third-order valence-corrected chi connectivity index (χ3v) is 4.23. The van der Waals surface area contributed by atoms with Crippen LogP contribution in [0.3, 0.4) is 0 Å². The van der Waals surface area contributed by atoms with Gasteiger partial charge >= 0.3 is 0 Å². The average Bonchev–Trinajstić information content (AvgIpc) is 3.13. The number of nitrogens with one attached hydrogen (secondary N) is 3. The number of pyridine rings is 1. The minimum atomic E-state index is -1.12. The summed E-state index contributed by atoms with van der Waals surface area (Å²) in [5.74, 6) is -1.62. The highest BCUT2D eigenvalue weighted by molar-refractivity contribution is 6.33. The van der Waals surface area contributed by atoms with Gasteiger partial charge in [-0.25, -0.2) is 18.4 Å². The van der Waals surface area contributed by atoms with Crippen LogP contribution < -0.4 is 16.0 Å². The number of benzene rings is 1. The monoisotopic (exact) mass is 406 g/mol. The van der Waals surface area contributed by atoms with E-state index in [1.54, 1.807) is 23.0 Å². The topological polar surface area (TPSA) is 83.9 Å². The number of nitrogens with zero attached hydrogens (tertiary/aromatic N) is 3. The highest BCUT2D eigenvalue weighted by Gasteiger charge is 2.17. The zero-order valence-corrected chi connectivity index (χ0v) is 15.8. The Labute approximate surface area is 164 Å². The summed E-state index contributed by atoms with van der Waals surface area (Å²) >= 11 is 6.18. The molecule has 3 aromatic rings. The first-order valence-electron chi connectivity index (χ1n) is 8.35. The van der Waals surface area contributed by atoms with E-state index in [1.165, 1.54) is 13.2 Å². The van der Waals surface area contributed by atoms with Crippen LogP contribution >= 0.6 is 11.6 Å². The molecule has 1 amide bonds. The van der Waals surface area contributed by atoms with Crippen LogP contribution in [0.1, 0.15) is 17.3 Å². The molecule has 2 aromatic heterocycles. The number of anilines is 4. The third kappa shape index (κ3) is 4.04.